The Morgan fingerprint density at radius 2 is 1.87 bits per heavy atom. The lowest BCUT2D eigenvalue weighted by Gasteiger charge is -2.34. The molecule has 8 nitrogen and oxygen atoms in total. The van der Waals surface area contributed by atoms with Gasteiger partial charge in [0.1, 0.15) is 0 Å². The predicted molar refractivity (Wildman–Crippen MR) is 115 cm³/mol. The van der Waals surface area contributed by atoms with Gasteiger partial charge in [-0.3, -0.25) is 14.5 Å². The number of carbonyl (C=O) groups excluding carboxylic acids is 2. The molecule has 0 bridgehead atoms. The van der Waals surface area contributed by atoms with Crippen LogP contribution in [0.4, 0.5) is 0 Å². The lowest BCUT2D eigenvalue weighted by atomic mass is 10.1. The highest BCUT2D eigenvalue weighted by Crippen LogP contribution is 2.18. The van der Waals surface area contributed by atoms with Gasteiger partial charge in [-0.05, 0) is 25.0 Å². The minimum Gasteiger partial charge on any atom is -0.385 e. The van der Waals surface area contributed by atoms with Crippen molar-refractivity contribution >= 4 is 11.8 Å². The quantitative estimate of drug-likeness (QED) is 0.628. The van der Waals surface area contributed by atoms with E-state index < -0.39 is 0 Å². The van der Waals surface area contributed by atoms with Crippen molar-refractivity contribution in [1.29, 1.82) is 0 Å². The Hall–Kier alpha value is -2.71. The van der Waals surface area contributed by atoms with Gasteiger partial charge in [-0.25, -0.2) is 4.68 Å². The molecule has 0 atom stereocenters. The maximum atomic E-state index is 13.1. The van der Waals surface area contributed by atoms with Gasteiger partial charge in [0.25, 0.3) is 5.91 Å². The largest absolute Gasteiger partial charge is 0.385 e. The Bertz CT molecular complexity index is 829. The molecule has 2 amide bonds. The summed E-state index contributed by atoms with van der Waals surface area (Å²) in [6.07, 6.45) is 3.20. The molecule has 0 aliphatic carbocycles. The number of carbonyl (C=O) groups is 2. The zero-order valence-electron chi connectivity index (χ0n) is 17.8. The van der Waals surface area contributed by atoms with E-state index in [2.05, 4.69) is 15.3 Å². The number of ether oxygens (including phenoxy) is 1. The number of aromatic nitrogens is 2. The number of methoxy groups -OCH3 is 1. The fourth-order valence-electron chi connectivity index (χ4n) is 3.67. The lowest BCUT2D eigenvalue weighted by Crippen LogP contribution is -2.51. The second kappa shape index (κ2) is 10.9. The Morgan fingerprint density at radius 3 is 2.53 bits per heavy atom. The molecule has 30 heavy (non-hydrogen) atoms. The SMILES string of the molecule is CCc1c(C(=O)N2CCN(CC(=O)NCCCOC)CC2)cnn1-c1ccccc1. The van der Waals surface area contributed by atoms with Crippen LogP contribution in [0.1, 0.15) is 29.4 Å². The molecule has 1 fully saturated rings. The highest BCUT2D eigenvalue weighted by atomic mass is 16.5. The standard InChI is InChI=1S/C22H31N5O3/c1-3-20-19(16-24-27(20)18-8-5-4-6-9-18)22(29)26-13-11-25(12-14-26)17-21(28)23-10-7-15-30-2/h4-6,8-9,16H,3,7,10-15,17H2,1-2H3,(H,23,28). The summed E-state index contributed by atoms with van der Waals surface area (Å²) in [6.45, 7) is 6.25. The van der Waals surface area contributed by atoms with Gasteiger partial charge in [0.15, 0.2) is 0 Å². The monoisotopic (exact) mass is 413 g/mol. The summed E-state index contributed by atoms with van der Waals surface area (Å²) in [6, 6.07) is 9.86. The zero-order chi connectivity index (χ0) is 21.3. The zero-order valence-corrected chi connectivity index (χ0v) is 17.8. The van der Waals surface area contributed by atoms with E-state index in [1.165, 1.54) is 0 Å². The van der Waals surface area contributed by atoms with E-state index in [0.717, 1.165) is 24.2 Å². The van der Waals surface area contributed by atoms with Gasteiger partial charge in [-0.2, -0.15) is 5.10 Å². The number of nitrogens with one attached hydrogen (secondary N) is 1. The molecule has 3 rings (SSSR count). The summed E-state index contributed by atoms with van der Waals surface area (Å²) < 4.78 is 6.83. The van der Waals surface area contributed by atoms with Gasteiger partial charge in [0, 0.05) is 46.4 Å². The Kier molecular flexibility index (Phi) is 7.98. The highest BCUT2D eigenvalue weighted by molar-refractivity contribution is 5.95. The average molecular weight is 414 g/mol. The summed E-state index contributed by atoms with van der Waals surface area (Å²) >= 11 is 0. The first kappa shape index (κ1) is 22.0. The first-order valence-corrected chi connectivity index (χ1v) is 10.5. The molecule has 1 saturated heterocycles. The van der Waals surface area contributed by atoms with Crippen LogP contribution >= 0.6 is 0 Å². The third kappa shape index (κ3) is 5.46. The van der Waals surface area contributed by atoms with E-state index in [4.69, 9.17) is 4.74 Å². The van der Waals surface area contributed by atoms with Gasteiger partial charge >= 0.3 is 0 Å². The number of rotatable bonds is 9. The summed E-state index contributed by atoms with van der Waals surface area (Å²) in [4.78, 5) is 29.1. The smallest absolute Gasteiger partial charge is 0.257 e. The summed E-state index contributed by atoms with van der Waals surface area (Å²) in [5.41, 5.74) is 2.53. The Labute approximate surface area is 177 Å². The fraction of sp³-hybridized carbons (Fsp3) is 0.500. The second-order valence-electron chi connectivity index (χ2n) is 7.37. The maximum Gasteiger partial charge on any atom is 0.257 e. The van der Waals surface area contributed by atoms with Crippen molar-refractivity contribution < 1.29 is 14.3 Å². The van der Waals surface area contributed by atoms with Crippen LogP contribution in [-0.2, 0) is 16.0 Å². The average Bonchev–Trinajstić information content (AvgIpc) is 3.21. The van der Waals surface area contributed by atoms with Crippen LogP contribution in [0.5, 0.6) is 0 Å². The van der Waals surface area contributed by atoms with Crippen molar-refractivity contribution in [3.8, 4) is 5.69 Å². The minimum absolute atomic E-state index is 0.0118. The maximum absolute atomic E-state index is 13.1. The van der Waals surface area contributed by atoms with Gasteiger partial charge < -0.3 is 15.0 Å². The van der Waals surface area contributed by atoms with Crippen LogP contribution in [0.25, 0.3) is 5.69 Å². The number of amides is 2. The van der Waals surface area contributed by atoms with Crippen LogP contribution in [0, 0.1) is 0 Å². The number of nitrogens with zero attached hydrogens (tertiary/aromatic N) is 4. The number of piperazine rings is 1. The third-order valence-corrected chi connectivity index (χ3v) is 5.31. The molecule has 2 aromatic rings. The van der Waals surface area contributed by atoms with E-state index >= 15 is 0 Å². The van der Waals surface area contributed by atoms with Crippen molar-refractivity contribution in [3.05, 3.63) is 47.8 Å². The van der Waals surface area contributed by atoms with Crippen molar-refractivity contribution in [3.63, 3.8) is 0 Å². The normalized spacial score (nSPS) is 14.7. The molecule has 1 aromatic carbocycles. The topological polar surface area (TPSA) is 79.7 Å². The third-order valence-electron chi connectivity index (χ3n) is 5.31. The first-order valence-electron chi connectivity index (χ1n) is 10.5. The molecular formula is C22H31N5O3. The molecule has 1 aliphatic rings. The predicted octanol–water partition coefficient (Wildman–Crippen LogP) is 1.35. The molecule has 162 valence electrons. The molecule has 0 spiro atoms. The number of benzene rings is 1. The molecule has 8 heteroatoms. The van der Waals surface area contributed by atoms with Crippen LogP contribution in [0.3, 0.4) is 0 Å². The second-order valence-corrected chi connectivity index (χ2v) is 7.37. The highest BCUT2D eigenvalue weighted by Gasteiger charge is 2.26. The van der Waals surface area contributed by atoms with Gasteiger partial charge in [0.2, 0.25) is 5.91 Å². The lowest BCUT2D eigenvalue weighted by molar-refractivity contribution is -0.122. The van der Waals surface area contributed by atoms with E-state index in [-0.39, 0.29) is 11.8 Å². The van der Waals surface area contributed by atoms with Gasteiger partial charge in [-0.15, -0.1) is 0 Å². The van der Waals surface area contributed by atoms with E-state index in [9.17, 15) is 9.59 Å². The summed E-state index contributed by atoms with van der Waals surface area (Å²) in [5.74, 6) is 0.0287. The van der Waals surface area contributed by atoms with E-state index in [1.807, 2.05) is 46.8 Å². The molecule has 0 unspecified atom stereocenters. The molecular weight excluding hydrogens is 382 g/mol. The van der Waals surface area contributed by atoms with Crippen LogP contribution in [0.15, 0.2) is 36.5 Å². The van der Waals surface area contributed by atoms with Crippen molar-refractivity contribution in [2.75, 3.05) is 53.0 Å². The fourth-order valence-corrected chi connectivity index (χ4v) is 3.67. The molecule has 1 aliphatic heterocycles. The van der Waals surface area contributed by atoms with Crippen molar-refractivity contribution in [1.82, 2.24) is 24.9 Å². The summed E-state index contributed by atoms with van der Waals surface area (Å²) in [7, 11) is 1.65. The minimum atomic E-state index is 0.0118. The number of hydrogen-bond donors (Lipinski definition) is 1. The van der Waals surface area contributed by atoms with E-state index in [0.29, 0.717) is 51.4 Å². The Balaban J connectivity index is 1.54. The summed E-state index contributed by atoms with van der Waals surface area (Å²) in [5, 5.41) is 7.37. The number of hydrogen-bond acceptors (Lipinski definition) is 5. The van der Waals surface area contributed by atoms with Gasteiger partial charge in [-0.1, -0.05) is 25.1 Å². The van der Waals surface area contributed by atoms with Crippen molar-refractivity contribution in [2.24, 2.45) is 0 Å². The molecule has 0 radical (unpaired) electrons. The molecule has 2 heterocycles. The van der Waals surface area contributed by atoms with Gasteiger partial charge in [0.05, 0.1) is 29.7 Å². The molecule has 0 saturated carbocycles. The van der Waals surface area contributed by atoms with Crippen molar-refractivity contribution in [2.45, 2.75) is 19.8 Å². The number of para-hydroxylation sites is 1. The molecule has 1 aromatic heterocycles. The Morgan fingerprint density at radius 1 is 1.13 bits per heavy atom. The van der Waals surface area contributed by atoms with Crippen LogP contribution in [-0.4, -0.2) is 84.4 Å². The molecule has 1 N–H and O–H groups in total. The van der Waals surface area contributed by atoms with Crippen LogP contribution in [0.2, 0.25) is 0 Å². The van der Waals surface area contributed by atoms with E-state index in [1.54, 1.807) is 13.3 Å². The first-order chi connectivity index (χ1) is 14.6. The van der Waals surface area contributed by atoms with Crippen LogP contribution < -0.4 is 5.32 Å².